The number of rotatable bonds is 3. The number of thioether (sulfide) groups is 1. The van der Waals surface area contributed by atoms with Crippen LogP contribution in [0.1, 0.15) is 26.3 Å². The molecule has 0 aliphatic carbocycles. The minimum atomic E-state index is 0.614. The van der Waals surface area contributed by atoms with Gasteiger partial charge in [-0.2, -0.15) is 5.26 Å². The average molecular weight is 205 g/mol. The van der Waals surface area contributed by atoms with Gasteiger partial charge in [-0.05, 0) is 30.2 Å². The van der Waals surface area contributed by atoms with E-state index in [1.54, 1.807) is 0 Å². The van der Waals surface area contributed by atoms with Crippen LogP contribution in [0.5, 0.6) is 0 Å². The topological polar surface area (TPSA) is 23.8 Å². The van der Waals surface area contributed by atoms with Gasteiger partial charge in [-0.15, -0.1) is 11.8 Å². The summed E-state index contributed by atoms with van der Waals surface area (Å²) in [5, 5.41) is 9.26. The third-order valence-electron chi connectivity index (χ3n) is 2.24. The second kappa shape index (κ2) is 5.07. The molecule has 1 atom stereocenters. The highest BCUT2D eigenvalue weighted by Gasteiger charge is 2.08. The van der Waals surface area contributed by atoms with Crippen molar-refractivity contribution in [2.45, 2.75) is 30.9 Å². The maximum Gasteiger partial charge on any atom is 0.0991 e. The van der Waals surface area contributed by atoms with Crippen LogP contribution in [0.3, 0.4) is 0 Å². The molecule has 1 aromatic rings. The maximum absolute atomic E-state index is 8.64. The van der Waals surface area contributed by atoms with Gasteiger partial charge < -0.3 is 0 Å². The van der Waals surface area contributed by atoms with E-state index in [0.717, 1.165) is 5.56 Å². The average Bonchev–Trinajstić information content (AvgIpc) is 2.19. The second-order valence-corrected chi connectivity index (χ2v) is 5.15. The highest BCUT2D eigenvalue weighted by atomic mass is 32.2. The third kappa shape index (κ3) is 3.08. The van der Waals surface area contributed by atoms with Gasteiger partial charge in [-0.25, -0.2) is 0 Å². The molecule has 2 heteroatoms. The van der Waals surface area contributed by atoms with Crippen molar-refractivity contribution in [1.82, 2.24) is 0 Å². The van der Waals surface area contributed by atoms with Crippen molar-refractivity contribution in [1.29, 1.82) is 5.26 Å². The first-order valence-corrected chi connectivity index (χ1v) is 5.68. The van der Waals surface area contributed by atoms with Gasteiger partial charge in [0.05, 0.1) is 11.6 Å². The number of nitrogens with zero attached hydrogens (tertiary/aromatic N) is 1. The SMILES string of the molecule is CC(C)C(C)Sc1ccc(C#N)cc1. The summed E-state index contributed by atoms with van der Waals surface area (Å²) in [5.74, 6) is 0.677. The van der Waals surface area contributed by atoms with Crippen molar-refractivity contribution in [3.63, 3.8) is 0 Å². The highest BCUT2D eigenvalue weighted by Crippen LogP contribution is 2.27. The van der Waals surface area contributed by atoms with Gasteiger partial charge in [0.2, 0.25) is 0 Å². The molecule has 0 heterocycles. The Kier molecular flexibility index (Phi) is 4.03. The molecule has 0 amide bonds. The predicted molar refractivity (Wildman–Crippen MR) is 61.3 cm³/mol. The monoisotopic (exact) mass is 205 g/mol. The summed E-state index contributed by atoms with van der Waals surface area (Å²) in [6.07, 6.45) is 0. The van der Waals surface area contributed by atoms with Crippen LogP contribution in [0.4, 0.5) is 0 Å². The Morgan fingerprint density at radius 3 is 2.14 bits per heavy atom. The molecule has 0 spiro atoms. The normalized spacial score (nSPS) is 12.5. The summed E-state index contributed by atoms with van der Waals surface area (Å²) in [4.78, 5) is 1.24. The van der Waals surface area contributed by atoms with E-state index in [1.807, 2.05) is 36.0 Å². The van der Waals surface area contributed by atoms with Gasteiger partial charge in [0.15, 0.2) is 0 Å². The summed E-state index contributed by atoms with van der Waals surface area (Å²) in [6, 6.07) is 9.89. The lowest BCUT2D eigenvalue weighted by Gasteiger charge is -2.14. The van der Waals surface area contributed by atoms with E-state index in [1.165, 1.54) is 4.90 Å². The lowest BCUT2D eigenvalue weighted by atomic mass is 10.2. The van der Waals surface area contributed by atoms with Gasteiger partial charge in [0.25, 0.3) is 0 Å². The van der Waals surface area contributed by atoms with E-state index in [9.17, 15) is 0 Å². The molecule has 0 saturated heterocycles. The fraction of sp³-hybridized carbons (Fsp3) is 0.417. The summed E-state index contributed by atoms with van der Waals surface area (Å²) in [5.41, 5.74) is 0.728. The van der Waals surface area contributed by atoms with Gasteiger partial charge in [0.1, 0.15) is 0 Å². The Morgan fingerprint density at radius 1 is 1.14 bits per heavy atom. The maximum atomic E-state index is 8.64. The fourth-order valence-corrected chi connectivity index (χ4v) is 1.95. The molecule has 1 nitrogen and oxygen atoms in total. The lowest BCUT2D eigenvalue weighted by Crippen LogP contribution is -2.04. The van der Waals surface area contributed by atoms with E-state index in [-0.39, 0.29) is 0 Å². The van der Waals surface area contributed by atoms with Gasteiger partial charge in [-0.1, -0.05) is 20.8 Å². The summed E-state index contributed by atoms with van der Waals surface area (Å²) < 4.78 is 0. The lowest BCUT2D eigenvalue weighted by molar-refractivity contribution is 0.642. The Bertz CT molecular complexity index is 321. The quantitative estimate of drug-likeness (QED) is 0.703. The van der Waals surface area contributed by atoms with Crippen LogP contribution in [0.25, 0.3) is 0 Å². The first kappa shape index (κ1) is 11.1. The number of hydrogen-bond acceptors (Lipinski definition) is 2. The molecule has 0 saturated carbocycles. The van der Waals surface area contributed by atoms with Crippen LogP contribution in [-0.2, 0) is 0 Å². The van der Waals surface area contributed by atoms with Crippen molar-refractivity contribution in [3.8, 4) is 6.07 Å². The Labute approximate surface area is 90.1 Å². The van der Waals surface area contributed by atoms with E-state index in [2.05, 4.69) is 26.8 Å². The van der Waals surface area contributed by atoms with Crippen LogP contribution in [-0.4, -0.2) is 5.25 Å². The molecule has 0 aliphatic rings. The highest BCUT2D eigenvalue weighted by molar-refractivity contribution is 8.00. The molecule has 1 rings (SSSR count). The molecule has 0 fully saturated rings. The number of benzene rings is 1. The van der Waals surface area contributed by atoms with Gasteiger partial charge in [-0.3, -0.25) is 0 Å². The second-order valence-electron chi connectivity index (χ2n) is 3.70. The third-order valence-corrected chi connectivity index (χ3v) is 3.70. The molecular weight excluding hydrogens is 190 g/mol. The minimum Gasteiger partial charge on any atom is -0.192 e. The first-order chi connectivity index (χ1) is 6.63. The molecule has 0 bridgehead atoms. The van der Waals surface area contributed by atoms with Gasteiger partial charge >= 0.3 is 0 Å². The first-order valence-electron chi connectivity index (χ1n) is 4.80. The summed E-state index contributed by atoms with van der Waals surface area (Å²) in [6.45, 7) is 6.68. The molecule has 0 N–H and O–H groups in total. The van der Waals surface area contributed by atoms with Crippen molar-refractivity contribution < 1.29 is 0 Å². The molecule has 1 unspecified atom stereocenters. The van der Waals surface area contributed by atoms with E-state index in [4.69, 9.17) is 5.26 Å². The zero-order valence-corrected chi connectivity index (χ0v) is 9.64. The van der Waals surface area contributed by atoms with Crippen LogP contribution in [0.2, 0.25) is 0 Å². The van der Waals surface area contributed by atoms with E-state index >= 15 is 0 Å². The largest absolute Gasteiger partial charge is 0.192 e. The zero-order chi connectivity index (χ0) is 10.6. The van der Waals surface area contributed by atoms with E-state index < -0.39 is 0 Å². The Balaban J connectivity index is 2.65. The zero-order valence-electron chi connectivity index (χ0n) is 8.82. The molecule has 0 radical (unpaired) electrons. The van der Waals surface area contributed by atoms with Crippen molar-refractivity contribution in [2.24, 2.45) is 5.92 Å². The van der Waals surface area contributed by atoms with Crippen LogP contribution in [0.15, 0.2) is 29.2 Å². The van der Waals surface area contributed by atoms with Crippen molar-refractivity contribution >= 4 is 11.8 Å². The molecule has 1 aromatic carbocycles. The van der Waals surface area contributed by atoms with Gasteiger partial charge in [0, 0.05) is 10.1 Å². The van der Waals surface area contributed by atoms with Crippen LogP contribution < -0.4 is 0 Å². The molecule has 0 aromatic heterocycles. The summed E-state index contributed by atoms with van der Waals surface area (Å²) >= 11 is 1.86. The number of nitriles is 1. The molecular formula is C12H15NS. The van der Waals surface area contributed by atoms with Crippen LogP contribution in [0, 0.1) is 17.2 Å². The number of hydrogen-bond donors (Lipinski definition) is 0. The minimum absolute atomic E-state index is 0.614. The predicted octanol–water partition coefficient (Wildman–Crippen LogP) is 3.69. The van der Waals surface area contributed by atoms with E-state index in [0.29, 0.717) is 11.2 Å². The smallest absolute Gasteiger partial charge is 0.0991 e. The molecule has 14 heavy (non-hydrogen) atoms. The molecule has 74 valence electrons. The van der Waals surface area contributed by atoms with Crippen molar-refractivity contribution in [3.05, 3.63) is 29.8 Å². The standard InChI is InChI=1S/C12H15NS/c1-9(2)10(3)14-12-6-4-11(8-13)5-7-12/h4-7,9-10H,1-3H3. The molecule has 0 aliphatic heterocycles. The summed E-state index contributed by atoms with van der Waals surface area (Å²) in [7, 11) is 0. The van der Waals surface area contributed by atoms with Crippen LogP contribution >= 0.6 is 11.8 Å². The fourth-order valence-electron chi connectivity index (χ4n) is 0.959. The Hall–Kier alpha value is -0.940. The van der Waals surface area contributed by atoms with Crippen molar-refractivity contribution in [2.75, 3.05) is 0 Å². The Morgan fingerprint density at radius 2 is 1.71 bits per heavy atom.